The fourth-order valence-corrected chi connectivity index (χ4v) is 3.16. The van der Waals surface area contributed by atoms with Crippen molar-refractivity contribution in [1.29, 1.82) is 0 Å². The summed E-state index contributed by atoms with van der Waals surface area (Å²) in [6, 6.07) is 15.5. The van der Waals surface area contributed by atoms with Crippen molar-refractivity contribution in [3.8, 4) is 5.75 Å². The topological polar surface area (TPSA) is 24.5 Å². The highest BCUT2D eigenvalue weighted by molar-refractivity contribution is 5.47. The van der Waals surface area contributed by atoms with E-state index >= 15 is 0 Å². The maximum Gasteiger partial charge on any atom is 0.123 e. The Morgan fingerprint density at radius 2 is 1.71 bits per heavy atom. The summed E-state index contributed by atoms with van der Waals surface area (Å²) in [6.07, 6.45) is 3.28. The first kappa shape index (κ1) is 16.8. The van der Waals surface area contributed by atoms with Crippen LogP contribution in [0.2, 0.25) is 0 Å². The third-order valence-corrected chi connectivity index (χ3v) is 4.68. The van der Waals surface area contributed by atoms with Gasteiger partial charge in [0.15, 0.2) is 0 Å². The van der Waals surface area contributed by atoms with E-state index in [-0.39, 0.29) is 5.82 Å². The molecule has 3 nitrogen and oxygen atoms in total. The van der Waals surface area contributed by atoms with Crippen LogP contribution >= 0.6 is 0 Å². The molecule has 0 unspecified atom stereocenters. The van der Waals surface area contributed by atoms with E-state index in [1.807, 2.05) is 24.3 Å². The molecule has 1 fully saturated rings. The van der Waals surface area contributed by atoms with Gasteiger partial charge in [-0.3, -0.25) is 0 Å². The number of methoxy groups -OCH3 is 1. The largest absolute Gasteiger partial charge is 0.497 e. The van der Waals surface area contributed by atoms with Gasteiger partial charge in [-0.1, -0.05) is 12.1 Å². The zero-order chi connectivity index (χ0) is 16.8. The molecule has 4 heteroatoms. The highest BCUT2D eigenvalue weighted by Crippen LogP contribution is 2.19. The maximum absolute atomic E-state index is 12.9. The van der Waals surface area contributed by atoms with Gasteiger partial charge < -0.3 is 15.0 Å². The SMILES string of the molecule is COc1ccc(NC2CCN(CCc3ccc(F)cc3)CC2)cc1. The van der Waals surface area contributed by atoms with E-state index < -0.39 is 0 Å². The molecule has 2 aromatic rings. The Morgan fingerprint density at radius 1 is 1.04 bits per heavy atom. The number of hydrogen-bond acceptors (Lipinski definition) is 3. The number of halogens is 1. The molecule has 0 aliphatic carbocycles. The van der Waals surface area contributed by atoms with Crippen LogP contribution in [0.25, 0.3) is 0 Å². The van der Waals surface area contributed by atoms with Gasteiger partial charge in [0.1, 0.15) is 11.6 Å². The number of benzene rings is 2. The fourth-order valence-electron chi connectivity index (χ4n) is 3.16. The summed E-state index contributed by atoms with van der Waals surface area (Å²) >= 11 is 0. The molecule has 1 saturated heterocycles. The van der Waals surface area contributed by atoms with Gasteiger partial charge in [-0.25, -0.2) is 4.39 Å². The lowest BCUT2D eigenvalue weighted by atomic mass is 10.0. The van der Waals surface area contributed by atoms with Crippen LogP contribution in [0.3, 0.4) is 0 Å². The van der Waals surface area contributed by atoms with Crippen molar-refractivity contribution in [3.05, 3.63) is 59.9 Å². The third kappa shape index (κ3) is 4.71. The summed E-state index contributed by atoms with van der Waals surface area (Å²) < 4.78 is 18.1. The molecule has 0 spiro atoms. The van der Waals surface area contributed by atoms with Crippen molar-refractivity contribution < 1.29 is 9.13 Å². The number of piperidine rings is 1. The van der Waals surface area contributed by atoms with Crippen LogP contribution in [0.5, 0.6) is 5.75 Å². The summed E-state index contributed by atoms with van der Waals surface area (Å²) in [7, 11) is 1.68. The highest BCUT2D eigenvalue weighted by atomic mass is 19.1. The molecule has 0 atom stereocenters. The molecule has 2 aromatic carbocycles. The molecule has 1 aliphatic heterocycles. The summed E-state index contributed by atoms with van der Waals surface area (Å²) in [5.74, 6) is 0.723. The van der Waals surface area contributed by atoms with Gasteiger partial charge in [0.25, 0.3) is 0 Å². The van der Waals surface area contributed by atoms with Crippen molar-refractivity contribution in [3.63, 3.8) is 0 Å². The first-order valence-corrected chi connectivity index (χ1v) is 8.60. The van der Waals surface area contributed by atoms with Crippen molar-refractivity contribution in [2.75, 3.05) is 32.1 Å². The Bertz CT molecular complexity index is 619. The molecule has 0 bridgehead atoms. The van der Waals surface area contributed by atoms with E-state index in [9.17, 15) is 4.39 Å². The molecule has 1 aliphatic rings. The number of likely N-dealkylation sites (tertiary alicyclic amines) is 1. The first-order valence-electron chi connectivity index (χ1n) is 8.60. The summed E-state index contributed by atoms with van der Waals surface area (Å²) in [4.78, 5) is 2.50. The lowest BCUT2D eigenvalue weighted by molar-refractivity contribution is 0.221. The molecule has 3 rings (SSSR count). The van der Waals surface area contributed by atoms with Gasteiger partial charge in [-0.05, 0) is 61.2 Å². The quantitative estimate of drug-likeness (QED) is 0.869. The van der Waals surface area contributed by atoms with E-state index in [4.69, 9.17) is 4.74 Å². The first-order chi connectivity index (χ1) is 11.7. The van der Waals surface area contributed by atoms with E-state index in [2.05, 4.69) is 22.3 Å². The number of anilines is 1. The van der Waals surface area contributed by atoms with Crippen molar-refractivity contribution in [2.24, 2.45) is 0 Å². The Labute approximate surface area is 143 Å². The molecule has 1 N–H and O–H groups in total. The minimum atomic E-state index is -0.163. The zero-order valence-electron chi connectivity index (χ0n) is 14.2. The summed E-state index contributed by atoms with van der Waals surface area (Å²) in [5.41, 5.74) is 2.36. The van der Waals surface area contributed by atoms with Gasteiger partial charge in [-0.15, -0.1) is 0 Å². The number of ether oxygens (including phenoxy) is 1. The van der Waals surface area contributed by atoms with Gasteiger partial charge in [0, 0.05) is 31.4 Å². The van der Waals surface area contributed by atoms with Gasteiger partial charge in [0.2, 0.25) is 0 Å². The number of nitrogens with zero attached hydrogens (tertiary/aromatic N) is 1. The molecular formula is C20H25FN2O. The standard InChI is InChI=1S/C20H25FN2O/c1-24-20-8-6-18(7-9-20)22-19-11-14-23(15-12-19)13-10-16-2-4-17(21)5-3-16/h2-9,19,22H,10-15H2,1H3. The number of rotatable bonds is 6. The Kier molecular flexibility index (Phi) is 5.70. The van der Waals surface area contributed by atoms with Crippen LogP contribution in [0.4, 0.5) is 10.1 Å². The van der Waals surface area contributed by atoms with Crippen LogP contribution in [-0.4, -0.2) is 37.7 Å². The monoisotopic (exact) mass is 328 g/mol. The van der Waals surface area contributed by atoms with E-state index in [0.717, 1.165) is 50.3 Å². The second kappa shape index (κ2) is 8.15. The average molecular weight is 328 g/mol. The Hall–Kier alpha value is -2.07. The maximum atomic E-state index is 12.9. The second-order valence-corrected chi connectivity index (χ2v) is 6.37. The van der Waals surface area contributed by atoms with Crippen LogP contribution < -0.4 is 10.1 Å². The van der Waals surface area contributed by atoms with Gasteiger partial charge in [0.05, 0.1) is 7.11 Å². The summed E-state index contributed by atoms with van der Waals surface area (Å²) in [6.45, 7) is 3.25. The van der Waals surface area contributed by atoms with Crippen LogP contribution in [0, 0.1) is 5.82 Å². The summed E-state index contributed by atoms with van der Waals surface area (Å²) in [5, 5.41) is 3.61. The molecule has 0 radical (unpaired) electrons. The lowest BCUT2D eigenvalue weighted by Gasteiger charge is -2.32. The Balaban J connectivity index is 1.41. The highest BCUT2D eigenvalue weighted by Gasteiger charge is 2.18. The molecule has 24 heavy (non-hydrogen) atoms. The van der Waals surface area contributed by atoms with Crippen LogP contribution in [-0.2, 0) is 6.42 Å². The fraction of sp³-hybridized carbons (Fsp3) is 0.400. The van der Waals surface area contributed by atoms with Crippen LogP contribution in [0.1, 0.15) is 18.4 Å². The predicted molar refractivity (Wildman–Crippen MR) is 96.2 cm³/mol. The lowest BCUT2D eigenvalue weighted by Crippen LogP contribution is -2.40. The van der Waals surface area contributed by atoms with E-state index in [1.165, 1.54) is 5.56 Å². The minimum absolute atomic E-state index is 0.163. The Morgan fingerprint density at radius 3 is 2.33 bits per heavy atom. The van der Waals surface area contributed by atoms with Gasteiger partial charge in [-0.2, -0.15) is 0 Å². The molecule has 0 aromatic heterocycles. The molecule has 0 amide bonds. The van der Waals surface area contributed by atoms with Crippen molar-refractivity contribution in [2.45, 2.75) is 25.3 Å². The average Bonchev–Trinajstić information content (AvgIpc) is 2.63. The van der Waals surface area contributed by atoms with E-state index in [0.29, 0.717) is 6.04 Å². The normalized spacial score (nSPS) is 16.1. The second-order valence-electron chi connectivity index (χ2n) is 6.37. The number of hydrogen-bond donors (Lipinski definition) is 1. The number of nitrogens with one attached hydrogen (secondary N) is 1. The predicted octanol–water partition coefficient (Wildman–Crippen LogP) is 3.95. The van der Waals surface area contributed by atoms with Crippen molar-refractivity contribution in [1.82, 2.24) is 4.90 Å². The molecule has 1 heterocycles. The molecule has 128 valence electrons. The smallest absolute Gasteiger partial charge is 0.123 e. The third-order valence-electron chi connectivity index (χ3n) is 4.68. The van der Waals surface area contributed by atoms with E-state index in [1.54, 1.807) is 19.2 Å². The minimum Gasteiger partial charge on any atom is -0.497 e. The van der Waals surface area contributed by atoms with Crippen LogP contribution in [0.15, 0.2) is 48.5 Å². The molecular weight excluding hydrogens is 303 g/mol. The van der Waals surface area contributed by atoms with Gasteiger partial charge >= 0.3 is 0 Å². The zero-order valence-corrected chi connectivity index (χ0v) is 14.2. The van der Waals surface area contributed by atoms with Crippen molar-refractivity contribution >= 4 is 5.69 Å². The molecule has 0 saturated carbocycles.